The number of hydrogen-bond donors (Lipinski definition) is 1. The van der Waals surface area contributed by atoms with Gasteiger partial charge in [-0.25, -0.2) is 0 Å². The van der Waals surface area contributed by atoms with Crippen molar-refractivity contribution >= 4 is 23.6 Å². The van der Waals surface area contributed by atoms with E-state index in [1.54, 1.807) is 4.90 Å². The summed E-state index contributed by atoms with van der Waals surface area (Å²) in [6, 6.07) is -0.594. The minimum atomic E-state index is -0.357. The summed E-state index contributed by atoms with van der Waals surface area (Å²) < 4.78 is 0. The lowest BCUT2D eigenvalue weighted by Crippen LogP contribution is -2.66. The van der Waals surface area contributed by atoms with Gasteiger partial charge in [-0.1, -0.05) is 27.2 Å². The molecular weight excluding hydrogens is 272 g/mol. The zero-order valence-corrected chi connectivity index (χ0v) is 14.1. The Labute approximate surface area is 127 Å². The van der Waals surface area contributed by atoms with E-state index < -0.39 is 0 Å². The monoisotopic (exact) mass is 300 g/mol. The topological polar surface area (TPSA) is 49.4 Å². The van der Waals surface area contributed by atoms with Crippen LogP contribution in [0.25, 0.3) is 0 Å². The summed E-state index contributed by atoms with van der Waals surface area (Å²) in [6.07, 6.45) is 1.83. The van der Waals surface area contributed by atoms with Gasteiger partial charge in [-0.3, -0.25) is 9.59 Å². The number of rotatable bonds is 7. The predicted octanol–water partition coefficient (Wildman–Crippen LogP) is 2.28. The van der Waals surface area contributed by atoms with E-state index in [-0.39, 0.29) is 35.9 Å². The molecule has 0 aromatic carbocycles. The second kappa shape index (κ2) is 7.91. The molecule has 0 radical (unpaired) electrons. The molecule has 116 valence electrons. The van der Waals surface area contributed by atoms with Crippen molar-refractivity contribution in [1.82, 2.24) is 10.2 Å². The number of carbonyl (C=O) groups excluding carboxylic acids is 2. The molecule has 1 aliphatic rings. The minimum absolute atomic E-state index is 0.0232. The van der Waals surface area contributed by atoms with E-state index >= 15 is 0 Å². The van der Waals surface area contributed by atoms with Crippen LogP contribution in [-0.2, 0) is 9.59 Å². The van der Waals surface area contributed by atoms with Crippen molar-refractivity contribution in [1.29, 1.82) is 0 Å². The fourth-order valence-corrected chi connectivity index (χ4v) is 3.37. The van der Waals surface area contributed by atoms with Gasteiger partial charge in [-0.05, 0) is 37.7 Å². The van der Waals surface area contributed by atoms with Crippen molar-refractivity contribution < 1.29 is 9.59 Å². The largest absolute Gasteiger partial charge is 0.342 e. The number of hydrogen-bond acceptors (Lipinski definition) is 3. The van der Waals surface area contributed by atoms with Crippen LogP contribution in [0.15, 0.2) is 0 Å². The lowest BCUT2D eigenvalue weighted by molar-refractivity contribution is -0.152. The molecule has 1 rings (SSSR count). The first-order valence-corrected chi connectivity index (χ1v) is 8.79. The molecule has 4 unspecified atom stereocenters. The average Bonchev–Trinajstić information content (AvgIpc) is 2.42. The summed E-state index contributed by atoms with van der Waals surface area (Å²) in [6.45, 7) is 10.1. The molecule has 20 heavy (non-hydrogen) atoms. The Morgan fingerprint density at radius 2 is 1.95 bits per heavy atom. The fraction of sp³-hybridized carbons (Fsp3) is 0.867. The lowest BCUT2D eigenvalue weighted by Gasteiger charge is -2.42. The highest BCUT2D eigenvalue weighted by Crippen LogP contribution is 2.22. The van der Waals surface area contributed by atoms with Crippen LogP contribution in [0, 0.1) is 5.92 Å². The molecule has 0 aromatic heterocycles. The van der Waals surface area contributed by atoms with Crippen molar-refractivity contribution in [2.75, 3.05) is 11.5 Å². The molecule has 0 bridgehead atoms. The Kier molecular flexibility index (Phi) is 6.86. The summed E-state index contributed by atoms with van der Waals surface area (Å²) in [4.78, 5) is 26.6. The molecule has 5 heteroatoms. The number of nitrogens with zero attached hydrogens (tertiary/aromatic N) is 1. The number of piperazine rings is 1. The molecule has 1 saturated heterocycles. The van der Waals surface area contributed by atoms with Gasteiger partial charge in [0.2, 0.25) is 11.8 Å². The Morgan fingerprint density at radius 3 is 2.50 bits per heavy atom. The number of carbonyl (C=O) groups is 2. The molecule has 4 atom stereocenters. The van der Waals surface area contributed by atoms with Crippen LogP contribution in [0.2, 0.25) is 0 Å². The van der Waals surface area contributed by atoms with Crippen molar-refractivity contribution in [3.63, 3.8) is 0 Å². The van der Waals surface area contributed by atoms with Gasteiger partial charge in [-0.2, -0.15) is 11.8 Å². The molecule has 1 N–H and O–H groups in total. The van der Waals surface area contributed by atoms with Crippen molar-refractivity contribution in [2.45, 2.75) is 65.6 Å². The van der Waals surface area contributed by atoms with E-state index in [1.165, 1.54) is 0 Å². The SMILES string of the molecule is CCSCCC(C)N1C(=O)C(C(C)CC)NC(=O)C1C. The first-order valence-electron chi connectivity index (χ1n) is 7.64. The van der Waals surface area contributed by atoms with Crippen LogP contribution in [0.5, 0.6) is 0 Å². The summed E-state index contributed by atoms with van der Waals surface area (Å²) in [5.41, 5.74) is 0. The standard InChI is InChI=1S/C15H28N2O2S/c1-6-10(3)13-15(19)17(12(5)14(18)16-13)11(4)8-9-20-7-2/h10-13H,6-9H2,1-5H3,(H,16,18). The van der Waals surface area contributed by atoms with Crippen LogP contribution < -0.4 is 5.32 Å². The molecule has 0 spiro atoms. The minimum Gasteiger partial charge on any atom is -0.342 e. The molecule has 4 nitrogen and oxygen atoms in total. The third kappa shape index (κ3) is 3.90. The van der Waals surface area contributed by atoms with Crippen LogP contribution in [-0.4, -0.2) is 46.3 Å². The van der Waals surface area contributed by atoms with Crippen molar-refractivity contribution in [3.05, 3.63) is 0 Å². The molecule has 0 aliphatic carbocycles. The van der Waals surface area contributed by atoms with Crippen molar-refractivity contribution in [3.8, 4) is 0 Å². The van der Waals surface area contributed by atoms with Crippen LogP contribution in [0.3, 0.4) is 0 Å². The number of nitrogens with one attached hydrogen (secondary N) is 1. The van der Waals surface area contributed by atoms with Crippen LogP contribution >= 0.6 is 11.8 Å². The van der Waals surface area contributed by atoms with E-state index in [1.807, 2.05) is 32.5 Å². The molecule has 2 amide bonds. The number of amides is 2. The zero-order valence-electron chi connectivity index (χ0n) is 13.3. The third-order valence-corrected chi connectivity index (χ3v) is 5.12. The maximum Gasteiger partial charge on any atom is 0.246 e. The van der Waals surface area contributed by atoms with Crippen molar-refractivity contribution in [2.24, 2.45) is 5.92 Å². The maximum absolute atomic E-state index is 12.7. The molecule has 1 aliphatic heterocycles. The first-order chi connectivity index (χ1) is 9.43. The molecule has 1 fully saturated rings. The van der Waals surface area contributed by atoms with E-state index in [0.717, 1.165) is 24.3 Å². The van der Waals surface area contributed by atoms with Crippen LogP contribution in [0.4, 0.5) is 0 Å². The van der Waals surface area contributed by atoms with Gasteiger partial charge < -0.3 is 10.2 Å². The quantitative estimate of drug-likeness (QED) is 0.734. The van der Waals surface area contributed by atoms with E-state index in [0.29, 0.717) is 0 Å². The van der Waals surface area contributed by atoms with Gasteiger partial charge in [0.1, 0.15) is 12.1 Å². The smallest absolute Gasteiger partial charge is 0.246 e. The molecule has 0 aromatic rings. The highest BCUT2D eigenvalue weighted by atomic mass is 32.2. The van der Waals surface area contributed by atoms with Gasteiger partial charge in [0, 0.05) is 6.04 Å². The Bertz CT molecular complexity index is 349. The third-order valence-electron chi connectivity index (χ3n) is 4.19. The summed E-state index contributed by atoms with van der Waals surface area (Å²) in [5, 5.41) is 2.88. The Hall–Kier alpha value is -0.710. The molecular formula is C15H28N2O2S. The number of thioether (sulfide) groups is 1. The summed E-state index contributed by atoms with van der Waals surface area (Å²) in [7, 11) is 0. The van der Waals surface area contributed by atoms with Gasteiger partial charge in [0.05, 0.1) is 0 Å². The van der Waals surface area contributed by atoms with Gasteiger partial charge in [-0.15, -0.1) is 0 Å². The first kappa shape index (κ1) is 17.3. The summed E-state index contributed by atoms with van der Waals surface area (Å²) >= 11 is 1.88. The second-order valence-corrected chi connectivity index (χ2v) is 7.02. The van der Waals surface area contributed by atoms with Gasteiger partial charge in [0.25, 0.3) is 0 Å². The van der Waals surface area contributed by atoms with E-state index in [2.05, 4.69) is 19.2 Å². The maximum atomic E-state index is 12.7. The predicted molar refractivity (Wildman–Crippen MR) is 84.8 cm³/mol. The van der Waals surface area contributed by atoms with Gasteiger partial charge >= 0.3 is 0 Å². The van der Waals surface area contributed by atoms with Gasteiger partial charge in [0.15, 0.2) is 0 Å². The average molecular weight is 300 g/mol. The normalized spacial score (nSPS) is 26.4. The highest BCUT2D eigenvalue weighted by molar-refractivity contribution is 7.99. The fourth-order valence-electron chi connectivity index (χ4n) is 2.57. The van der Waals surface area contributed by atoms with E-state index in [9.17, 15) is 9.59 Å². The Morgan fingerprint density at radius 1 is 1.30 bits per heavy atom. The summed E-state index contributed by atoms with van der Waals surface area (Å²) in [5.74, 6) is 2.36. The zero-order chi connectivity index (χ0) is 15.3. The second-order valence-electron chi connectivity index (χ2n) is 5.63. The van der Waals surface area contributed by atoms with E-state index in [4.69, 9.17) is 0 Å². The Balaban J connectivity index is 2.79. The molecule has 0 saturated carbocycles. The van der Waals surface area contributed by atoms with Crippen LogP contribution in [0.1, 0.15) is 47.5 Å². The molecule has 1 heterocycles. The highest BCUT2D eigenvalue weighted by Gasteiger charge is 2.41. The lowest BCUT2D eigenvalue weighted by atomic mass is 9.93.